The van der Waals surface area contributed by atoms with Gasteiger partial charge in [0.05, 0.1) is 18.6 Å². The van der Waals surface area contributed by atoms with E-state index in [4.69, 9.17) is 10.5 Å². The first-order valence-corrected chi connectivity index (χ1v) is 5.20. The van der Waals surface area contributed by atoms with Gasteiger partial charge in [-0.2, -0.15) is 5.10 Å². The average molecular weight is 217 g/mol. The van der Waals surface area contributed by atoms with Crippen molar-refractivity contribution in [3.63, 3.8) is 0 Å². The van der Waals surface area contributed by atoms with E-state index in [-0.39, 0.29) is 6.17 Å². The number of benzene rings is 1. The minimum atomic E-state index is -0.144. The quantitative estimate of drug-likeness (QED) is 0.859. The molecule has 2 N–H and O–H groups in total. The van der Waals surface area contributed by atoms with Crippen molar-refractivity contribution >= 4 is 0 Å². The Hall–Kier alpha value is -1.81. The predicted octanol–water partition coefficient (Wildman–Crippen LogP) is 2.46. The van der Waals surface area contributed by atoms with Crippen LogP contribution in [0.3, 0.4) is 0 Å². The maximum absolute atomic E-state index is 5.70. The molecule has 1 unspecified atom stereocenters. The molecule has 1 aromatic carbocycles. The Balaban J connectivity index is 2.18. The second-order valence-electron chi connectivity index (χ2n) is 3.76. The first-order valence-electron chi connectivity index (χ1n) is 5.20. The van der Waals surface area contributed by atoms with Gasteiger partial charge in [0, 0.05) is 0 Å². The van der Waals surface area contributed by atoms with E-state index < -0.39 is 0 Å². The third-order valence-electron chi connectivity index (χ3n) is 2.32. The standard InChI is InChI=1S/C12H15N3O/c1-9-5-3-4-6-12(9)16-11-7-14-15(8-11)10(2)13/h3-8,10H,13H2,1-2H3. The molecular formula is C12H15N3O. The second-order valence-corrected chi connectivity index (χ2v) is 3.76. The summed E-state index contributed by atoms with van der Waals surface area (Å²) in [4.78, 5) is 0. The Morgan fingerprint density at radius 3 is 2.75 bits per heavy atom. The minimum Gasteiger partial charge on any atom is -0.454 e. The van der Waals surface area contributed by atoms with Crippen LogP contribution in [0.5, 0.6) is 11.5 Å². The van der Waals surface area contributed by atoms with Gasteiger partial charge in [-0.15, -0.1) is 0 Å². The molecule has 0 saturated heterocycles. The Kier molecular flexibility index (Phi) is 2.92. The summed E-state index contributed by atoms with van der Waals surface area (Å²) in [6, 6.07) is 7.86. The van der Waals surface area contributed by atoms with Crippen LogP contribution in [-0.2, 0) is 0 Å². The summed E-state index contributed by atoms with van der Waals surface area (Å²) in [6.07, 6.45) is 3.31. The topological polar surface area (TPSA) is 53.1 Å². The fraction of sp³-hybridized carbons (Fsp3) is 0.250. The molecule has 0 aliphatic carbocycles. The number of nitrogens with two attached hydrogens (primary N) is 1. The van der Waals surface area contributed by atoms with E-state index in [1.165, 1.54) is 0 Å². The SMILES string of the molecule is Cc1ccccc1Oc1cnn(C(C)N)c1. The van der Waals surface area contributed by atoms with Gasteiger partial charge < -0.3 is 10.5 Å². The minimum absolute atomic E-state index is 0.144. The van der Waals surface area contributed by atoms with Crippen molar-refractivity contribution in [1.82, 2.24) is 9.78 Å². The number of nitrogens with zero attached hydrogens (tertiary/aromatic N) is 2. The van der Waals surface area contributed by atoms with Crippen LogP contribution in [0.4, 0.5) is 0 Å². The molecule has 0 saturated carbocycles. The zero-order valence-electron chi connectivity index (χ0n) is 9.42. The number of hydrogen-bond donors (Lipinski definition) is 1. The predicted molar refractivity (Wildman–Crippen MR) is 62.4 cm³/mol. The molecule has 1 atom stereocenters. The molecule has 0 radical (unpaired) electrons. The summed E-state index contributed by atoms with van der Waals surface area (Å²) in [5.74, 6) is 1.54. The van der Waals surface area contributed by atoms with Gasteiger partial charge in [-0.3, -0.25) is 4.68 Å². The maximum Gasteiger partial charge on any atom is 0.165 e. The molecule has 0 fully saturated rings. The van der Waals surface area contributed by atoms with Crippen LogP contribution in [0.25, 0.3) is 0 Å². The van der Waals surface area contributed by atoms with E-state index in [1.807, 2.05) is 38.1 Å². The monoisotopic (exact) mass is 217 g/mol. The molecular weight excluding hydrogens is 202 g/mol. The van der Waals surface area contributed by atoms with Crippen LogP contribution in [0.1, 0.15) is 18.7 Å². The molecule has 1 aromatic heterocycles. The summed E-state index contributed by atoms with van der Waals surface area (Å²) in [7, 11) is 0. The van der Waals surface area contributed by atoms with Crippen molar-refractivity contribution in [1.29, 1.82) is 0 Å². The van der Waals surface area contributed by atoms with Gasteiger partial charge in [0.15, 0.2) is 5.75 Å². The highest BCUT2D eigenvalue weighted by atomic mass is 16.5. The summed E-state index contributed by atoms with van der Waals surface area (Å²) >= 11 is 0. The van der Waals surface area contributed by atoms with E-state index in [9.17, 15) is 0 Å². The van der Waals surface area contributed by atoms with Crippen LogP contribution in [0.15, 0.2) is 36.7 Å². The van der Waals surface area contributed by atoms with Crippen LogP contribution >= 0.6 is 0 Å². The van der Waals surface area contributed by atoms with Crippen molar-refractivity contribution in [3.8, 4) is 11.5 Å². The van der Waals surface area contributed by atoms with Gasteiger partial charge in [0.25, 0.3) is 0 Å². The van der Waals surface area contributed by atoms with Crippen LogP contribution < -0.4 is 10.5 Å². The molecule has 0 spiro atoms. The molecule has 0 aliphatic rings. The first-order chi connectivity index (χ1) is 7.66. The summed E-state index contributed by atoms with van der Waals surface area (Å²) < 4.78 is 7.36. The van der Waals surface area contributed by atoms with Gasteiger partial charge in [-0.25, -0.2) is 0 Å². The van der Waals surface area contributed by atoms with E-state index in [0.29, 0.717) is 5.75 Å². The third kappa shape index (κ3) is 2.23. The Bertz CT molecular complexity index is 477. The van der Waals surface area contributed by atoms with Gasteiger partial charge in [-0.05, 0) is 25.5 Å². The molecule has 2 rings (SSSR count). The molecule has 16 heavy (non-hydrogen) atoms. The van der Waals surface area contributed by atoms with Crippen LogP contribution in [0.2, 0.25) is 0 Å². The van der Waals surface area contributed by atoms with Gasteiger partial charge in [0.1, 0.15) is 5.75 Å². The molecule has 0 amide bonds. The lowest BCUT2D eigenvalue weighted by Crippen LogP contribution is -2.14. The lowest BCUT2D eigenvalue weighted by atomic mass is 10.2. The molecule has 0 aliphatic heterocycles. The smallest absolute Gasteiger partial charge is 0.165 e. The fourth-order valence-corrected chi connectivity index (χ4v) is 1.39. The van der Waals surface area contributed by atoms with Crippen molar-refractivity contribution in [2.24, 2.45) is 5.73 Å². The summed E-state index contributed by atoms with van der Waals surface area (Å²) in [5, 5.41) is 4.11. The lowest BCUT2D eigenvalue weighted by Gasteiger charge is -2.06. The zero-order chi connectivity index (χ0) is 11.5. The number of para-hydroxylation sites is 1. The third-order valence-corrected chi connectivity index (χ3v) is 2.32. The van der Waals surface area contributed by atoms with Crippen molar-refractivity contribution in [3.05, 3.63) is 42.2 Å². The molecule has 84 valence electrons. The summed E-state index contributed by atoms with van der Waals surface area (Å²) in [6.45, 7) is 3.87. The Morgan fingerprint density at radius 1 is 1.38 bits per heavy atom. The van der Waals surface area contributed by atoms with Crippen molar-refractivity contribution in [2.45, 2.75) is 20.0 Å². The van der Waals surface area contributed by atoms with Gasteiger partial charge in [0.2, 0.25) is 0 Å². The highest BCUT2D eigenvalue weighted by molar-refractivity contribution is 5.35. The number of hydrogen-bond acceptors (Lipinski definition) is 3. The summed E-state index contributed by atoms with van der Waals surface area (Å²) in [5.41, 5.74) is 6.79. The second kappa shape index (κ2) is 4.37. The van der Waals surface area contributed by atoms with Crippen LogP contribution in [-0.4, -0.2) is 9.78 Å². The Morgan fingerprint density at radius 2 is 2.12 bits per heavy atom. The van der Waals surface area contributed by atoms with E-state index in [0.717, 1.165) is 11.3 Å². The van der Waals surface area contributed by atoms with E-state index >= 15 is 0 Å². The van der Waals surface area contributed by atoms with Crippen molar-refractivity contribution in [2.75, 3.05) is 0 Å². The molecule has 1 heterocycles. The number of rotatable bonds is 3. The van der Waals surface area contributed by atoms with E-state index in [2.05, 4.69) is 5.10 Å². The lowest BCUT2D eigenvalue weighted by molar-refractivity contribution is 0.471. The fourth-order valence-electron chi connectivity index (χ4n) is 1.39. The molecule has 2 aromatic rings. The largest absolute Gasteiger partial charge is 0.454 e. The highest BCUT2D eigenvalue weighted by Crippen LogP contribution is 2.24. The van der Waals surface area contributed by atoms with Gasteiger partial charge in [-0.1, -0.05) is 18.2 Å². The molecule has 4 heteroatoms. The zero-order valence-corrected chi connectivity index (χ0v) is 9.42. The highest BCUT2D eigenvalue weighted by Gasteiger charge is 2.04. The molecule has 0 bridgehead atoms. The first kappa shape index (κ1) is 10.7. The number of ether oxygens (including phenoxy) is 1. The normalized spacial score (nSPS) is 12.4. The average Bonchev–Trinajstić information content (AvgIpc) is 2.70. The van der Waals surface area contributed by atoms with E-state index in [1.54, 1.807) is 17.1 Å². The Labute approximate surface area is 94.6 Å². The van der Waals surface area contributed by atoms with Gasteiger partial charge >= 0.3 is 0 Å². The van der Waals surface area contributed by atoms with Crippen LogP contribution in [0, 0.1) is 6.92 Å². The number of aromatic nitrogens is 2. The van der Waals surface area contributed by atoms with Crippen molar-refractivity contribution < 1.29 is 4.74 Å². The maximum atomic E-state index is 5.70. The number of aryl methyl sites for hydroxylation is 1. The molecule has 4 nitrogen and oxygen atoms in total.